The fraction of sp³-hybridized carbons (Fsp3) is 0.280. The number of nitrogens with one attached hydrogen (secondary N) is 3. The van der Waals surface area contributed by atoms with Crippen LogP contribution in [0.25, 0.3) is 5.69 Å². The predicted octanol–water partition coefficient (Wildman–Crippen LogP) is 2.64. The molecule has 1 aliphatic carbocycles. The van der Waals surface area contributed by atoms with Crippen molar-refractivity contribution in [2.45, 2.75) is 31.0 Å². The molecule has 0 radical (unpaired) electrons. The van der Waals surface area contributed by atoms with Crippen LogP contribution in [-0.4, -0.2) is 58.5 Å². The van der Waals surface area contributed by atoms with Crippen LogP contribution in [0.15, 0.2) is 65.6 Å². The zero-order valence-corrected chi connectivity index (χ0v) is 20.7. The van der Waals surface area contributed by atoms with E-state index in [1.54, 1.807) is 59.6 Å². The number of thiophene rings is 1. The number of urea groups is 1. The summed E-state index contributed by atoms with van der Waals surface area (Å²) < 4.78 is 1.99. The van der Waals surface area contributed by atoms with Crippen LogP contribution >= 0.6 is 22.9 Å². The minimum absolute atomic E-state index is 0.171. The first-order valence-electron chi connectivity index (χ1n) is 11.6. The van der Waals surface area contributed by atoms with E-state index >= 15 is 0 Å². The van der Waals surface area contributed by atoms with Crippen molar-refractivity contribution >= 4 is 40.8 Å². The van der Waals surface area contributed by atoms with Gasteiger partial charge in [-0.1, -0.05) is 17.7 Å². The number of pyridine rings is 1. The molecule has 4 amide bonds. The van der Waals surface area contributed by atoms with Crippen LogP contribution in [0.1, 0.15) is 32.9 Å². The van der Waals surface area contributed by atoms with Gasteiger partial charge in [0.1, 0.15) is 0 Å². The molecule has 9 nitrogen and oxygen atoms in total. The predicted molar refractivity (Wildman–Crippen MR) is 137 cm³/mol. The van der Waals surface area contributed by atoms with Crippen molar-refractivity contribution in [3.63, 3.8) is 0 Å². The van der Waals surface area contributed by atoms with Gasteiger partial charge in [0.05, 0.1) is 21.3 Å². The molecule has 2 aliphatic rings. The molecule has 0 bridgehead atoms. The van der Waals surface area contributed by atoms with Gasteiger partial charge in [-0.15, -0.1) is 11.3 Å². The third-order valence-corrected chi connectivity index (χ3v) is 7.40. The minimum Gasteiger partial charge on any atom is -0.345 e. The summed E-state index contributed by atoms with van der Waals surface area (Å²) in [6, 6.07) is 13.9. The number of aromatic nitrogens is 1. The average molecular weight is 526 g/mol. The van der Waals surface area contributed by atoms with Crippen LogP contribution in [0.4, 0.5) is 4.79 Å². The summed E-state index contributed by atoms with van der Waals surface area (Å²) in [5.74, 6) is -0.645. The van der Waals surface area contributed by atoms with Crippen LogP contribution in [-0.2, 0) is 0 Å². The summed E-state index contributed by atoms with van der Waals surface area (Å²) in [5.41, 5.74) is 0.871. The van der Waals surface area contributed by atoms with Crippen LogP contribution in [0.3, 0.4) is 0 Å². The molecule has 1 saturated carbocycles. The highest BCUT2D eigenvalue weighted by Gasteiger charge is 2.38. The normalized spacial score (nSPS) is 19.1. The number of benzene rings is 1. The number of likely N-dealkylation sites (tertiary alicyclic amines) is 1. The lowest BCUT2D eigenvalue weighted by atomic mass is 10.1. The molecule has 1 saturated heterocycles. The Morgan fingerprint density at radius 1 is 0.861 bits per heavy atom. The quantitative estimate of drug-likeness (QED) is 0.459. The van der Waals surface area contributed by atoms with Gasteiger partial charge in [0.2, 0.25) is 0 Å². The number of hydrogen-bond acceptors (Lipinski definition) is 5. The van der Waals surface area contributed by atoms with Gasteiger partial charge in [0.15, 0.2) is 0 Å². The molecule has 5 rings (SSSR count). The molecule has 0 spiro atoms. The molecule has 36 heavy (non-hydrogen) atoms. The second-order valence-corrected chi connectivity index (χ2v) is 10.6. The standard InChI is InChI=1S/C25H24ClN5O4S/c26-21-11-10-20(36-21)24(34)29-19-14-30(25(35)27-16-6-7-16)13-18(19)28-23(33)15-4-8-17(9-5-15)31-12-2-1-3-22(31)32/h1-5,8-12,16,18-19H,6-7,13-14H2,(H,27,35)(H,28,33)(H,29,34)/t18-,19+/m0/s1. The highest BCUT2D eigenvalue weighted by Crippen LogP contribution is 2.23. The molecule has 1 aliphatic heterocycles. The summed E-state index contributed by atoms with van der Waals surface area (Å²) in [6.45, 7) is 0.530. The smallest absolute Gasteiger partial charge is 0.317 e. The molecule has 1 aromatic carbocycles. The van der Waals surface area contributed by atoms with Gasteiger partial charge in [-0.25, -0.2) is 4.79 Å². The number of rotatable bonds is 6. The lowest BCUT2D eigenvalue weighted by Gasteiger charge is -2.20. The number of carbonyl (C=O) groups excluding carboxylic acids is 3. The first-order valence-corrected chi connectivity index (χ1v) is 12.8. The van der Waals surface area contributed by atoms with Crippen molar-refractivity contribution in [2.24, 2.45) is 0 Å². The van der Waals surface area contributed by atoms with Gasteiger partial charge in [0.25, 0.3) is 17.4 Å². The Labute approximate surface area is 216 Å². The Kier molecular flexibility index (Phi) is 6.80. The van der Waals surface area contributed by atoms with E-state index in [0.717, 1.165) is 24.2 Å². The van der Waals surface area contributed by atoms with E-state index in [2.05, 4.69) is 16.0 Å². The molecular formula is C25H24ClN5O4S. The Hall–Kier alpha value is -3.63. The van der Waals surface area contributed by atoms with Crippen molar-refractivity contribution in [3.05, 3.63) is 85.9 Å². The summed E-state index contributed by atoms with van der Waals surface area (Å²) >= 11 is 7.13. The average Bonchev–Trinajstić information content (AvgIpc) is 3.43. The highest BCUT2D eigenvalue weighted by molar-refractivity contribution is 7.18. The molecule has 3 heterocycles. The van der Waals surface area contributed by atoms with E-state index < -0.39 is 12.1 Å². The highest BCUT2D eigenvalue weighted by atomic mass is 35.5. The van der Waals surface area contributed by atoms with E-state index in [4.69, 9.17) is 11.6 Å². The largest absolute Gasteiger partial charge is 0.345 e. The van der Waals surface area contributed by atoms with E-state index in [-0.39, 0.29) is 42.5 Å². The molecule has 3 aromatic rings. The summed E-state index contributed by atoms with van der Waals surface area (Å²) in [4.78, 5) is 52.6. The van der Waals surface area contributed by atoms with Gasteiger partial charge in [0, 0.05) is 42.6 Å². The molecule has 2 fully saturated rings. The van der Waals surface area contributed by atoms with Crippen LogP contribution in [0, 0.1) is 0 Å². The van der Waals surface area contributed by atoms with Crippen molar-refractivity contribution in [2.75, 3.05) is 13.1 Å². The molecule has 3 N–H and O–H groups in total. The van der Waals surface area contributed by atoms with Crippen molar-refractivity contribution in [1.82, 2.24) is 25.4 Å². The van der Waals surface area contributed by atoms with E-state index in [1.807, 2.05) is 0 Å². The van der Waals surface area contributed by atoms with Crippen molar-refractivity contribution in [3.8, 4) is 5.69 Å². The lowest BCUT2D eigenvalue weighted by molar-refractivity contribution is 0.0898. The number of amides is 4. The van der Waals surface area contributed by atoms with Gasteiger partial charge >= 0.3 is 6.03 Å². The lowest BCUT2D eigenvalue weighted by Crippen LogP contribution is -2.50. The second-order valence-electron chi connectivity index (χ2n) is 8.85. The first-order chi connectivity index (χ1) is 17.4. The van der Waals surface area contributed by atoms with Gasteiger partial charge < -0.3 is 20.9 Å². The summed E-state index contributed by atoms with van der Waals surface area (Å²) in [5, 5.41) is 8.86. The molecule has 11 heteroatoms. The Morgan fingerprint density at radius 3 is 2.17 bits per heavy atom. The maximum absolute atomic E-state index is 13.1. The first kappa shape index (κ1) is 24.1. The van der Waals surface area contributed by atoms with Gasteiger partial charge in [-0.3, -0.25) is 19.0 Å². The molecule has 2 aromatic heterocycles. The SMILES string of the molecule is O=C(N[C@H]1CN(C(=O)NC2CC2)C[C@H]1NC(=O)c1ccc(Cl)s1)c1ccc(-n2ccccc2=O)cc1. The van der Waals surface area contributed by atoms with E-state index in [9.17, 15) is 19.2 Å². The fourth-order valence-corrected chi connectivity index (χ4v) is 5.04. The van der Waals surface area contributed by atoms with E-state index in [1.165, 1.54) is 10.6 Å². The third kappa shape index (κ3) is 5.44. The molecule has 0 unspecified atom stereocenters. The second kappa shape index (κ2) is 10.2. The Bertz CT molecular complexity index is 1350. The van der Waals surface area contributed by atoms with Crippen LogP contribution in [0.5, 0.6) is 0 Å². The van der Waals surface area contributed by atoms with Gasteiger partial charge in [-0.2, -0.15) is 0 Å². The molecule has 2 atom stereocenters. The maximum Gasteiger partial charge on any atom is 0.317 e. The Balaban J connectivity index is 1.29. The van der Waals surface area contributed by atoms with E-state index in [0.29, 0.717) is 20.5 Å². The van der Waals surface area contributed by atoms with Crippen LogP contribution in [0.2, 0.25) is 4.34 Å². The van der Waals surface area contributed by atoms with Gasteiger partial charge in [-0.05, 0) is 55.3 Å². The molecular weight excluding hydrogens is 502 g/mol. The minimum atomic E-state index is -0.488. The number of hydrogen-bond donors (Lipinski definition) is 3. The van der Waals surface area contributed by atoms with Crippen molar-refractivity contribution in [1.29, 1.82) is 0 Å². The summed E-state index contributed by atoms with van der Waals surface area (Å²) in [6.07, 6.45) is 3.58. The van der Waals surface area contributed by atoms with Crippen LogP contribution < -0.4 is 21.5 Å². The summed E-state index contributed by atoms with van der Waals surface area (Å²) in [7, 11) is 0. The van der Waals surface area contributed by atoms with Crippen molar-refractivity contribution < 1.29 is 14.4 Å². The molecule has 186 valence electrons. The number of nitrogens with zero attached hydrogens (tertiary/aromatic N) is 2. The fourth-order valence-electron chi connectivity index (χ4n) is 4.10. The topological polar surface area (TPSA) is 113 Å². The maximum atomic E-state index is 13.1. The Morgan fingerprint density at radius 2 is 1.56 bits per heavy atom. The monoisotopic (exact) mass is 525 g/mol. The third-order valence-electron chi connectivity index (χ3n) is 6.17. The zero-order chi connectivity index (χ0) is 25.2. The number of carbonyl (C=O) groups is 3. The number of halogens is 1. The zero-order valence-electron chi connectivity index (χ0n) is 19.1.